The summed E-state index contributed by atoms with van der Waals surface area (Å²) in [5.74, 6) is 0.477. The maximum absolute atomic E-state index is 5.84. The lowest BCUT2D eigenvalue weighted by molar-refractivity contribution is -0.0704. The number of hydrogen-bond donors (Lipinski definition) is 1. The van der Waals surface area contributed by atoms with E-state index in [0.717, 1.165) is 25.3 Å². The van der Waals surface area contributed by atoms with Gasteiger partial charge in [0, 0.05) is 36.9 Å². The van der Waals surface area contributed by atoms with Gasteiger partial charge in [0.1, 0.15) is 5.65 Å². The topological polar surface area (TPSA) is 41.2 Å². The molecule has 1 fully saturated rings. The van der Waals surface area contributed by atoms with E-state index >= 15 is 0 Å². The molecule has 3 heterocycles. The smallest absolute Gasteiger partial charge is 0.137 e. The summed E-state index contributed by atoms with van der Waals surface area (Å²) >= 11 is 0. The van der Waals surface area contributed by atoms with Crippen LogP contribution in [0.3, 0.4) is 0 Å². The maximum Gasteiger partial charge on any atom is 0.137 e. The summed E-state index contributed by atoms with van der Waals surface area (Å²) in [6.45, 7) is 11.7. The monoisotopic (exact) mass is 287 g/mol. The largest absolute Gasteiger partial charge is 0.373 e. The first-order valence-corrected chi connectivity index (χ1v) is 7.88. The summed E-state index contributed by atoms with van der Waals surface area (Å²) in [6, 6.07) is 4.20. The molecule has 21 heavy (non-hydrogen) atoms. The van der Waals surface area contributed by atoms with Gasteiger partial charge in [0.15, 0.2) is 0 Å². The third-order valence-electron chi connectivity index (χ3n) is 4.17. The van der Waals surface area contributed by atoms with Gasteiger partial charge in [0.05, 0.1) is 12.2 Å². The number of fused-ring (bicyclic) bond motifs is 1. The van der Waals surface area contributed by atoms with Gasteiger partial charge in [-0.2, -0.15) is 0 Å². The molecule has 2 aromatic heterocycles. The molecule has 0 spiro atoms. The van der Waals surface area contributed by atoms with Crippen LogP contribution < -0.4 is 0 Å². The highest BCUT2D eigenvalue weighted by Gasteiger charge is 2.24. The van der Waals surface area contributed by atoms with Crippen molar-refractivity contribution >= 4 is 11.0 Å². The van der Waals surface area contributed by atoms with Gasteiger partial charge in [-0.25, -0.2) is 4.98 Å². The van der Waals surface area contributed by atoms with Crippen LogP contribution in [0.4, 0.5) is 0 Å². The van der Waals surface area contributed by atoms with Crippen LogP contribution >= 0.6 is 0 Å². The summed E-state index contributed by atoms with van der Waals surface area (Å²) < 4.78 is 5.84. The first kappa shape index (κ1) is 14.5. The Hall–Kier alpha value is -1.39. The van der Waals surface area contributed by atoms with E-state index in [2.05, 4.69) is 48.6 Å². The fraction of sp³-hybridized carbons (Fsp3) is 0.588. The zero-order valence-electron chi connectivity index (χ0n) is 13.4. The van der Waals surface area contributed by atoms with Gasteiger partial charge in [-0.1, -0.05) is 13.8 Å². The second kappa shape index (κ2) is 5.78. The Bertz CT molecular complexity index is 610. The quantitative estimate of drug-likeness (QED) is 0.941. The lowest BCUT2D eigenvalue weighted by atomic mass is 10.0. The summed E-state index contributed by atoms with van der Waals surface area (Å²) in [5, 5.41) is 1.26. The molecule has 1 aliphatic heterocycles. The van der Waals surface area contributed by atoms with Crippen molar-refractivity contribution in [3.05, 3.63) is 29.6 Å². The summed E-state index contributed by atoms with van der Waals surface area (Å²) in [4.78, 5) is 10.5. The third-order valence-corrected chi connectivity index (χ3v) is 4.17. The molecule has 4 nitrogen and oxygen atoms in total. The van der Waals surface area contributed by atoms with Crippen LogP contribution in [0.5, 0.6) is 0 Å². The number of aromatic amines is 1. The minimum atomic E-state index is 0.305. The third kappa shape index (κ3) is 2.97. The molecule has 1 N–H and O–H groups in total. The van der Waals surface area contributed by atoms with E-state index in [1.807, 2.05) is 12.3 Å². The predicted octanol–water partition coefficient (Wildman–Crippen LogP) is 3.30. The van der Waals surface area contributed by atoms with Gasteiger partial charge in [0.25, 0.3) is 0 Å². The fourth-order valence-electron chi connectivity index (χ4n) is 3.40. The van der Waals surface area contributed by atoms with Crippen molar-refractivity contribution in [1.82, 2.24) is 14.9 Å². The SMILES string of the molecule is CC1CN(Cc2c(C(C)C)[nH]c3ncccc23)CC(C)O1. The van der Waals surface area contributed by atoms with E-state index in [9.17, 15) is 0 Å². The van der Waals surface area contributed by atoms with E-state index in [1.54, 1.807) is 0 Å². The summed E-state index contributed by atoms with van der Waals surface area (Å²) in [6.07, 6.45) is 2.46. The summed E-state index contributed by atoms with van der Waals surface area (Å²) in [5.41, 5.74) is 3.72. The van der Waals surface area contributed by atoms with Crippen LogP contribution in [0, 0.1) is 0 Å². The van der Waals surface area contributed by atoms with Gasteiger partial charge < -0.3 is 9.72 Å². The van der Waals surface area contributed by atoms with Gasteiger partial charge in [-0.05, 0) is 37.5 Å². The Morgan fingerprint density at radius 3 is 2.71 bits per heavy atom. The van der Waals surface area contributed by atoms with Gasteiger partial charge >= 0.3 is 0 Å². The van der Waals surface area contributed by atoms with Crippen molar-refractivity contribution in [2.45, 2.75) is 52.4 Å². The Morgan fingerprint density at radius 1 is 1.33 bits per heavy atom. The van der Waals surface area contributed by atoms with Crippen molar-refractivity contribution in [2.24, 2.45) is 0 Å². The van der Waals surface area contributed by atoms with Crippen LogP contribution in [0.2, 0.25) is 0 Å². The molecule has 0 radical (unpaired) electrons. The Morgan fingerprint density at radius 2 is 2.05 bits per heavy atom. The number of nitrogens with zero attached hydrogens (tertiary/aromatic N) is 2. The molecule has 0 aliphatic carbocycles. The van der Waals surface area contributed by atoms with Crippen LogP contribution in [0.1, 0.15) is 44.9 Å². The molecule has 0 saturated carbocycles. The zero-order valence-corrected chi connectivity index (χ0v) is 13.4. The van der Waals surface area contributed by atoms with Crippen LogP contribution in [-0.2, 0) is 11.3 Å². The summed E-state index contributed by atoms with van der Waals surface area (Å²) in [7, 11) is 0. The Labute approximate surface area is 126 Å². The molecule has 4 heteroatoms. The average molecular weight is 287 g/mol. The number of pyridine rings is 1. The molecule has 114 valence electrons. The molecule has 0 bridgehead atoms. The normalized spacial score (nSPS) is 24.0. The molecule has 2 atom stereocenters. The second-order valence-corrected chi connectivity index (χ2v) is 6.52. The lowest BCUT2D eigenvalue weighted by Crippen LogP contribution is -2.44. The number of morpholine rings is 1. The molecule has 2 unspecified atom stereocenters. The molecular formula is C17H25N3O. The van der Waals surface area contributed by atoms with Gasteiger partial charge in [0.2, 0.25) is 0 Å². The van der Waals surface area contributed by atoms with E-state index in [0.29, 0.717) is 18.1 Å². The number of H-pyrrole nitrogens is 1. The highest BCUT2D eigenvalue weighted by Crippen LogP contribution is 2.28. The molecule has 1 saturated heterocycles. The molecule has 2 aromatic rings. The second-order valence-electron chi connectivity index (χ2n) is 6.52. The average Bonchev–Trinajstić information content (AvgIpc) is 2.77. The number of rotatable bonds is 3. The number of aromatic nitrogens is 2. The minimum absolute atomic E-state index is 0.305. The van der Waals surface area contributed by atoms with E-state index < -0.39 is 0 Å². The Kier molecular flexibility index (Phi) is 4.00. The van der Waals surface area contributed by atoms with Crippen molar-refractivity contribution in [3.63, 3.8) is 0 Å². The lowest BCUT2D eigenvalue weighted by Gasteiger charge is -2.35. The first-order chi connectivity index (χ1) is 10.0. The van der Waals surface area contributed by atoms with Crippen molar-refractivity contribution in [2.75, 3.05) is 13.1 Å². The molecule has 0 aromatic carbocycles. The zero-order chi connectivity index (χ0) is 15.0. The Balaban J connectivity index is 1.93. The fourth-order valence-corrected chi connectivity index (χ4v) is 3.40. The van der Waals surface area contributed by atoms with Crippen LogP contribution in [-0.4, -0.2) is 40.2 Å². The predicted molar refractivity (Wildman–Crippen MR) is 85.5 cm³/mol. The highest BCUT2D eigenvalue weighted by molar-refractivity contribution is 5.81. The maximum atomic E-state index is 5.84. The van der Waals surface area contributed by atoms with Crippen LogP contribution in [0.25, 0.3) is 11.0 Å². The highest BCUT2D eigenvalue weighted by atomic mass is 16.5. The van der Waals surface area contributed by atoms with E-state index in [1.165, 1.54) is 16.6 Å². The molecule has 1 aliphatic rings. The standard InChI is InChI=1S/C17H25N3O/c1-11(2)16-15(14-6-5-7-18-17(14)19-16)10-20-8-12(3)21-13(4)9-20/h5-7,11-13H,8-10H2,1-4H3,(H,18,19). The molecular weight excluding hydrogens is 262 g/mol. The number of hydrogen-bond acceptors (Lipinski definition) is 3. The van der Waals surface area contributed by atoms with Gasteiger partial charge in [-0.3, -0.25) is 4.90 Å². The van der Waals surface area contributed by atoms with Crippen molar-refractivity contribution in [1.29, 1.82) is 0 Å². The number of nitrogens with one attached hydrogen (secondary N) is 1. The van der Waals surface area contributed by atoms with E-state index in [4.69, 9.17) is 4.74 Å². The minimum Gasteiger partial charge on any atom is -0.373 e. The van der Waals surface area contributed by atoms with Crippen molar-refractivity contribution < 1.29 is 4.74 Å². The first-order valence-electron chi connectivity index (χ1n) is 7.88. The number of ether oxygens (including phenoxy) is 1. The molecule has 0 amide bonds. The van der Waals surface area contributed by atoms with Crippen molar-refractivity contribution in [3.8, 4) is 0 Å². The van der Waals surface area contributed by atoms with Gasteiger partial charge in [-0.15, -0.1) is 0 Å². The van der Waals surface area contributed by atoms with Crippen LogP contribution in [0.15, 0.2) is 18.3 Å². The molecule has 3 rings (SSSR count). The van der Waals surface area contributed by atoms with E-state index in [-0.39, 0.29) is 0 Å².